The number of nitrogens with zero attached hydrogens (tertiary/aromatic N) is 2. The van der Waals surface area contributed by atoms with Crippen LogP contribution >= 0.6 is 0 Å². The number of anilines is 1. The molecule has 0 aliphatic heterocycles. The highest BCUT2D eigenvalue weighted by Gasteiger charge is 2.16. The van der Waals surface area contributed by atoms with Crippen LogP contribution in [0, 0.1) is 5.82 Å². The molecular weight excluding hydrogens is 275 g/mol. The fourth-order valence-electron chi connectivity index (χ4n) is 1.56. The summed E-state index contributed by atoms with van der Waals surface area (Å²) in [6.45, 7) is -0.624. The van der Waals surface area contributed by atoms with Gasteiger partial charge in [0.05, 0.1) is 12.2 Å². The Kier molecular flexibility index (Phi) is 4.57. The fourth-order valence-corrected chi connectivity index (χ4v) is 1.56. The Morgan fingerprint density at radius 3 is 2.85 bits per heavy atom. The summed E-state index contributed by atoms with van der Waals surface area (Å²) >= 11 is 0. The molecule has 0 fully saturated rings. The number of aromatic nitrogens is 2. The molecule has 2 rings (SSSR count). The van der Waals surface area contributed by atoms with E-state index < -0.39 is 18.8 Å². The van der Waals surface area contributed by atoms with E-state index in [1.165, 1.54) is 18.2 Å². The van der Waals surface area contributed by atoms with Crippen molar-refractivity contribution in [3.05, 3.63) is 29.8 Å². The zero-order chi connectivity index (χ0) is 14.5. The third kappa shape index (κ3) is 3.47. The predicted molar refractivity (Wildman–Crippen MR) is 64.6 cm³/mol. The molecule has 0 radical (unpaired) electrons. The van der Waals surface area contributed by atoms with E-state index in [9.17, 15) is 13.2 Å². The predicted octanol–water partition coefficient (Wildman–Crippen LogP) is 2.28. The van der Waals surface area contributed by atoms with Crippen LogP contribution in [0.4, 0.5) is 18.9 Å². The van der Waals surface area contributed by atoms with Crippen LogP contribution in [0.15, 0.2) is 22.7 Å². The average Bonchev–Trinajstić information content (AvgIpc) is 2.83. The monoisotopic (exact) mass is 287 g/mol. The lowest BCUT2D eigenvalue weighted by molar-refractivity contribution is 0.0182. The fraction of sp³-hybridized carbons (Fsp3) is 0.333. The summed E-state index contributed by atoms with van der Waals surface area (Å²) in [6.07, 6.45) is -2.33. The molecule has 0 aliphatic rings. The van der Waals surface area contributed by atoms with Gasteiger partial charge in [0, 0.05) is 12.1 Å². The van der Waals surface area contributed by atoms with E-state index >= 15 is 0 Å². The molecule has 0 amide bonds. The number of hydrogen-bond donors (Lipinski definition) is 1. The van der Waals surface area contributed by atoms with Crippen LogP contribution in [0.5, 0.6) is 0 Å². The third-order valence-electron chi connectivity index (χ3n) is 2.44. The molecule has 20 heavy (non-hydrogen) atoms. The molecule has 108 valence electrons. The van der Waals surface area contributed by atoms with Gasteiger partial charge in [-0.25, -0.2) is 13.2 Å². The van der Waals surface area contributed by atoms with E-state index in [0.29, 0.717) is 0 Å². The maximum atomic E-state index is 13.6. The van der Waals surface area contributed by atoms with Gasteiger partial charge in [-0.1, -0.05) is 11.2 Å². The molecule has 0 saturated carbocycles. The molecule has 0 bridgehead atoms. The minimum absolute atomic E-state index is 0.0239. The second kappa shape index (κ2) is 6.38. The van der Waals surface area contributed by atoms with Crippen molar-refractivity contribution < 1.29 is 22.4 Å². The molecule has 8 heteroatoms. The lowest BCUT2D eigenvalue weighted by atomic mass is 10.1. The first-order valence-corrected chi connectivity index (χ1v) is 5.80. The Labute approximate surface area is 112 Å². The quantitative estimate of drug-likeness (QED) is 0.651. The van der Waals surface area contributed by atoms with E-state index in [1.54, 1.807) is 0 Å². The Bertz CT molecular complexity index is 555. The van der Waals surface area contributed by atoms with Crippen LogP contribution in [-0.2, 0) is 11.2 Å². The first kappa shape index (κ1) is 14.3. The van der Waals surface area contributed by atoms with E-state index in [-0.39, 0.29) is 36.0 Å². The number of nitrogen functional groups attached to an aromatic ring is 1. The van der Waals surface area contributed by atoms with Crippen LogP contribution in [0.3, 0.4) is 0 Å². The summed E-state index contributed by atoms with van der Waals surface area (Å²) in [5.41, 5.74) is 5.84. The molecule has 0 saturated heterocycles. The minimum Gasteiger partial charge on any atom is -0.398 e. The number of benzene rings is 1. The molecule has 2 N–H and O–H groups in total. The third-order valence-corrected chi connectivity index (χ3v) is 2.44. The van der Waals surface area contributed by atoms with Gasteiger partial charge in [-0.15, -0.1) is 0 Å². The van der Waals surface area contributed by atoms with Crippen molar-refractivity contribution in [2.45, 2.75) is 12.8 Å². The van der Waals surface area contributed by atoms with E-state index in [4.69, 9.17) is 15.0 Å². The van der Waals surface area contributed by atoms with Crippen molar-refractivity contribution >= 4 is 5.69 Å². The van der Waals surface area contributed by atoms with E-state index in [0.717, 1.165) is 0 Å². The summed E-state index contributed by atoms with van der Waals surface area (Å²) in [6, 6.07) is 4.19. The first-order valence-electron chi connectivity index (χ1n) is 5.80. The number of rotatable bonds is 6. The Morgan fingerprint density at radius 1 is 1.35 bits per heavy atom. The van der Waals surface area contributed by atoms with Crippen molar-refractivity contribution in [1.82, 2.24) is 10.1 Å². The van der Waals surface area contributed by atoms with Crippen LogP contribution < -0.4 is 5.73 Å². The lowest BCUT2D eigenvalue weighted by Gasteiger charge is -2.01. The van der Waals surface area contributed by atoms with Crippen LogP contribution in [0.25, 0.3) is 11.5 Å². The molecule has 5 nitrogen and oxygen atoms in total. The molecule has 0 spiro atoms. The smallest absolute Gasteiger partial charge is 0.263 e. The van der Waals surface area contributed by atoms with Gasteiger partial charge < -0.3 is 15.0 Å². The SMILES string of the molecule is Nc1cccc(F)c1-c1nc(CCOCC(F)F)no1. The summed E-state index contributed by atoms with van der Waals surface area (Å²) in [5, 5.41) is 3.62. The second-order valence-electron chi connectivity index (χ2n) is 3.94. The standard InChI is InChI=1S/C12H12F3N3O2/c13-7-2-1-3-8(16)11(7)12-17-10(18-20-12)4-5-19-6-9(14)15/h1-3,9H,4-6,16H2. The first-order chi connectivity index (χ1) is 9.58. The summed E-state index contributed by atoms with van der Waals surface area (Å²) in [4.78, 5) is 3.95. The topological polar surface area (TPSA) is 74.2 Å². The van der Waals surface area contributed by atoms with Crippen molar-refractivity contribution in [2.75, 3.05) is 18.9 Å². The van der Waals surface area contributed by atoms with Crippen LogP contribution in [-0.4, -0.2) is 29.8 Å². The molecule has 1 aromatic carbocycles. The number of ether oxygens (including phenoxy) is 1. The van der Waals surface area contributed by atoms with Gasteiger partial charge in [0.1, 0.15) is 12.4 Å². The second-order valence-corrected chi connectivity index (χ2v) is 3.94. The largest absolute Gasteiger partial charge is 0.398 e. The highest BCUT2D eigenvalue weighted by molar-refractivity contribution is 5.70. The van der Waals surface area contributed by atoms with E-state index in [1.807, 2.05) is 0 Å². The zero-order valence-electron chi connectivity index (χ0n) is 10.4. The normalized spacial score (nSPS) is 11.2. The van der Waals surface area contributed by atoms with Gasteiger partial charge in [-0.3, -0.25) is 0 Å². The number of nitrogens with two attached hydrogens (primary N) is 1. The maximum absolute atomic E-state index is 13.6. The summed E-state index contributed by atoms with van der Waals surface area (Å²) in [5.74, 6) is -0.393. The Hall–Kier alpha value is -2.09. The molecule has 0 atom stereocenters. The molecule has 0 unspecified atom stereocenters. The molecule has 1 aromatic heterocycles. The van der Waals surface area contributed by atoms with Crippen molar-refractivity contribution in [1.29, 1.82) is 0 Å². The van der Waals surface area contributed by atoms with Crippen molar-refractivity contribution in [3.63, 3.8) is 0 Å². The van der Waals surface area contributed by atoms with Gasteiger partial charge in [-0.05, 0) is 12.1 Å². The van der Waals surface area contributed by atoms with Crippen LogP contribution in [0.2, 0.25) is 0 Å². The molecule has 1 heterocycles. The zero-order valence-corrected chi connectivity index (χ0v) is 10.4. The van der Waals surface area contributed by atoms with Crippen molar-refractivity contribution in [2.24, 2.45) is 0 Å². The number of hydrogen-bond acceptors (Lipinski definition) is 5. The lowest BCUT2D eigenvalue weighted by Crippen LogP contribution is -2.07. The highest BCUT2D eigenvalue weighted by atomic mass is 19.3. The number of alkyl halides is 2. The van der Waals surface area contributed by atoms with E-state index in [2.05, 4.69) is 10.1 Å². The van der Waals surface area contributed by atoms with Crippen LogP contribution in [0.1, 0.15) is 5.82 Å². The molecular formula is C12H12F3N3O2. The van der Waals surface area contributed by atoms with Gasteiger partial charge in [0.2, 0.25) is 0 Å². The van der Waals surface area contributed by atoms with Crippen molar-refractivity contribution in [3.8, 4) is 11.5 Å². The average molecular weight is 287 g/mol. The summed E-state index contributed by atoms with van der Waals surface area (Å²) in [7, 11) is 0. The van der Waals surface area contributed by atoms with Gasteiger partial charge in [-0.2, -0.15) is 4.98 Å². The maximum Gasteiger partial charge on any atom is 0.263 e. The Morgan fingerprint density at radius 2 is 2.15 bits per heavy atom. The summed E-state index contributed by atoms with van der Waals surface area (Å²) < 4.78 is 46.9. The Balaban J connectivity index is 2.02. The molecule has 2 aromatic rings. The minimum atomic E-state index is -2.52. The van der Waals surface area contributed by atoms with Gasteiger partial charge in [0.15, 0.2) is 5.82 Å². The number of halogens is 3. The molecule has 0 aliphatic carbocycles. The van der Waals surface area contributed by atoms with Gasteiger partial charge in [0.25, 0.3) is 12.3 Å². The van der Waals surface area contributed by atoms with Gasteiger partial charge >= 0.3 is 0 Å². The highest BCUT2D eigenvalue weighted by Crippen LogP contribution is 2.27.